The molecule has 0 spiro atoms. The van der Waals surface area contributed by atoms with Crippen molar-refractivity contribution in [2.75, 3.05) is 6.61 Å². The quantitative estimate of drug-likeness (QED) is 0.478. The van der Waals surface area contributed by atoms with Crippen LogP contribution in [0, 0.1) is 17.8 Å². The van der Waals surface area contributed by atoms with Crippen molar-refractivity contribution in [2.24, 2.45) is 0 Å². The van der Waals surface area contributed by atoms with Gasteiger partial charge in [-0.05, 0) is 42.8 Å². The Balaban J connectivity index is 1.98. The van der Waals surface area contributed by atoms with Gasteiger partial charge in [0.25, 0.3) is 0 Å². The van der Waals surface area contributed by atoms with Gasteiger partial charge < -0.3 is 4.74 Å². The summed E-state index contributed by atoms with van der Waals surface area (Å²) in [5.41, 5.74) is 1.58. The van der Waals surface area contributed by atoms with Gasteiger partial charge in [-0.1, -0.05) is 25.2 Å². The predicted octanol–water partition coefficient (Wildman–Crippen LogP) is 3.80. The number of halogens is 1. The van der Waals surface area contributed by atoms with Crippen molar-refractivity contribution in [3.63, 3.8) is 0 Å². The van der Waals surface area contributed by atoms with Crippen LogP contribution in [0.4, 0.5) is 4.39 Å². The highest BCUT2D eigenvalue weighted by Gasteiger charge is 1.94. The van der Waals surface area contributed by atoms with Crippen LogP contribution in [0.2, 0.25) is 0 Å². The molecule has 0 aliphatic heterocycles. The van der Waals surface area contributed by atoms with E-state index in [0.29, 0.717) is 5.56 Å². The van der Waals surface area contributed by atoms with E-state index in [1.807, 2.05) is 24.3 Å². The molecular formula is C17H16FNO. The highest BCUT2D eigenvalue weighted by molar-refractivity contribution is 5.43. The van der Waals surface area contributed by atoms with Gasteiger partial charge in [-0.25, -0.2) is 4.98 Å². The number of hydrogen-bond acceptors (Lipinski definition) is 2. The summed E-state index contributed by atoms with van der Waals surface area (Å²) in [6.45, 7) is 2.87. The summed E-state index contributed by atoms with van der Waals surface area (Å²) in [4.78, 5) is 3.56. The third-order valence-electron chi connectivity index (χ3n) is 2.70. The van der Waals surface area contributed by atoms with Crippen molar-refractivity contribution in [1.29, 1.82) is 0 Å². The van der Waals surface area contributed by atoms with Gasteiger partial charge >= 0.3 is 0 Å². The van der Waals surface area contributed by atoms with Crippen molar-refractivity contribution < 1.29 is 9.13 Å². The summed E-state index contributed by atoms with van der Waals surface area (Å²) in [5, 5.41) is 0. The molecule has 0 saturated carbocycles. The number of pyridine rings is 1. The lowest BCUT2D eigenvalue weighted by Gasteiger charge is -2.04. The molecule has 0 amide bonds. The molecule has 0 aliphatic carbocycles. The van der Waals surface area contributed by atoms with Gasteiger partial charge in [0.2, 0.25) is 5.95 Å². The molecule has 0 aliphatic rings. The Hall–Kier alpha value is -2.34. The predicted molar refractivity (Wildman–Crippen MR) is 77.0 cm³/mol. The number of unbranched alkanes of at least 4 members (excludes halogenated alkanes) is 1. The number of ether oxygens (including phenoxy) is 1. The highest BCUT2D eigenvalue weighted by Crippen LogP contribution is 2.12. The fraction of sp³-hybridized carbons (Fsp3) is 0.235. The zero-order valence-electron chi connectivity index (χ0n) is 11.4. The molecule has 0 bridgehead atoms. The molecule has 2 rings (SSSR count). The summed E-state index contributed by atoms with van der Waals surface area (Å²) in [5.74, 6) is 6.30. The minimum atomic E-state index is -0.496. The van der Waals surface area contributed by atoms with Crippen LogP contribution in [-0.2, 0) is 0 Å². The second-order valence-corrected chi connectivity index (χ2v) is 4.35. The van der Waals surface area contributed by atoms with E-state index >= 15 is 0 Å². The maximum Gasteiger partial charge on any atom is 0.212 e. The van der Waals surface area contributed by atoms with E-state index in [0.717, 1.165) is 30.8 Å². The zero-order valence-corrected chi connectivity index (χ0v) is 11.4. The zero-order chi connectivity index (χ0) is 14.2. The number of rotatable bonds is 4. The number of aromatic nitrogens is 1. The van der Waals surface area contributed by atoms with Crippen LogP contribution >= 0.6 is 0 Å². The first-order chi connectivity index (χ1) is 9.78. The van der Waals surface area contributed by atoms with Gasteiger partial charge in [0.1, 0.15) is 5.75 Å². The highest BCUT2D eigenvalue weighted by atomic mass is 19.1. The standard InChI is InChI=1S/C17H16FNO/c1-2-3-12-20-16-9-6-14(7-10-16)4-5-15-8-11-17(18)19-13-15/h6-11,13H,2-3,12H2,1H3. The van der Waals surface area contributed by atoms with Crippen LogP contribution in [0.5, 0.6) is 5.75 Å². The lowest BCUT2D eigenvalue weighted by Crippen LogP contribution is -1.95. The van der Waals surface area contributed by atoms with Gasteiger partial charge in [0.15, 0.2) is 0 Å². The largest absolute Gasteiger partial charge is 0.494 e. The van der Waals surface area contributed by atoms with Gasteiger partial charge in [-0.15, -0.1) is 0 Å². The van der Waals surface area contributed by atoms with Crippen molar-refractivity contribution >= 4 is 0 Å². The van der Waals surface area contributed by atoms with Gasteiger partial charge in [-0.2, -0.15) is 4.39 Å². The Morgan fingerprint density at radius 3 is 2.40 bits per heavy atom. The van der Waals surface area contributed by atoms with Crippen LogP contribution in [0.1, 0.15) is 30.9 Å². The van der Waals surface area contributed by atoms with E-state index in [4.69, 9.17) is 4.74 Å². The van der Waals surface area contributed by atoms with E-state index in [1.165, 1.54) is 12.3 Å². The van der Waals surface area contributed by atoms with Crippen LogP contribution in [-0.4, -0.2) is 11.6 Å². The lowest BCUT2D eigenvalue weighted by molar-refractivity contribution is 0.309. The summed E-state index contributed by atoms with van der Waals surface area (Å²) >= 11 is 0. The normalized spacial score (nSPS) is 9.70. The van der Waals surface area contributed by atoms with Gasteiger partial charge in [0, 0.05) is 17.3 Å². The average molecular weight is 269 g/mol. The van der Waals surface area contributed by atoms with Crippen LogP contribution < -0.4 is 4.74 Å². The molecule has 20 heavy (non-hydrogen) atoms. The summed E-state index contributed by atoms with van der Waals surface area (Å²) in [7, 11) is 0. The van der Waals surface area contributed by atoms with Crippen LogP contribution in [0.3, 0.4) is 0 Å². The minimum absolute atomic E-state index is 0.496. The molecule has 102 valence electrons. The molecule has 0 N–H and O–H groups in total. The monoisotopic (exact) mass is 269 g/mol. The Morgan fingerprint density at radius 2 is 1.75 bits per heavy atom. The molecule has 1 heterocycles. The van der Waals surface area contributed by atoms with E-state index in [1.54, 1.807) is 6.07 Å². The Morgan fingerprint density at radius 1 is 1.05 bits per heavy atom. The second kappa shape index (κ2) is 7.30. The molecule has 2 aromatic rings. The van der Waals surface area contributed by atoms with E-state index in [2.05, 4.69) is 23.7 Å². The SMILES string of the molecule is CCCCOc1ccc(C#Cc2ccc(F)nc2)cc1. The first kappa shape index (κ1) is 14.1. The molecule has 0 radical (unpaired) electrons. The molecule has 0 unspecified atom stereocenters. The number of hydrogen-bond donors (Lipinski definition) is 0. The Labute approximate surface area is 118 Å². The van der Waals surface area contributed by atoms with Crippen LogP contribution in [0.25, 0.3) is 0 Å². The minimum Gasteiger partial charge on any atom is -0.494 e. The Bertz CT molecular complexity index is 594. The molecule has 0 saturated heterocycles. The number of nitrogens with zero attached hydrogens (tertiary/aromatic N) is 1. The molecule has 3 heteroatoms. The molecular weight excluding hydrogens is 253 g/mol. The number of benzene rings is 1. The molecule has 0 atom stereocenters. The van der Waals surface area contributed by atoms with Crippen molar-refractivity contribution in [3.8, 4) is 17.6 Å². The fourth-order valence-corrected chi connectivity index (χ4v) is 1.56. The Kier molecular flexibility index (Phi) is 5.14. The maximum atomic E-state index is 12.6. The average Bonchev–Trinajstić information content (AvgIpc) is 2.48. The van der Waals surface area contributed by atoms with Crippen molar-refractivity contribution in [2.45, 2.75) is 19.8 Å². The van der Waals surface area contributed by atoms with Gasteiger partial charge in [-0.3, -0.25) is 0 Å². The third-order valence-corrected chi connectivity index (χ3v) is 2.70. The summed E-state index contributed by atoms with van der Waals surface area (Å²) < 4.78 is 18.2. The maximum absolute atomic E-state index is 12.6. The lowest BCUT2D eigenvalue weighted by atomic mass is 10.2. The smallest absolute Gasteiger partial charge is 0.212 e. The molecule has 1 aromatic heterocycles. The van der Waals surface area contributed by atoms with Crippen molar-refractivity contribution in [3.05, 3.63) is 59.7 Å². The molecule has 2 nitrogen and oxygen atoms in total. The van der Waals surface area contributed by atoms with E-state index < -0.39 is 5.95 Å². The summed E-state index contributed by atoms with van der Waals surface area (Å²) in [6, 6.07) is 10.5. The van der Waals surface area contributed by atoms with Crippen LogP contribution in [0.15, 0.2) is 42.6 Å². The fourth-order valence-electron chi connectivity index (χ4n) is 1.56. The van der Waals surface area contributed by atoms with E-state index in [-0.39, 0.29) is 0 Å². The topological polar surface area (TPSA) is 22.1 Å². The summed E-state index contributed by atoms with van der Waals surface area (Å²) in [6.07, 6.45) is 3.60. The third kappa shape index (κ3) is 4.40. The molecule has 1 aromatic carbocycles. The first-order valence-electron chi connectivity index (χ1n) is 6.64. The van der Waals surface area contributed by atoms with E-state index in [9.17, 15) is 4.39 Å². The van der Waals surface area contributed by atoms with Crippen molar-refractivity contribution in [1.82, 2.24) is 4.98 Å². The van der Waals surface area contributed by atoms with Gasteiger partial charge in [0.05, 0.1) is 6.61 Å². The first-order valence-corrected chi connectivity index (χ1v) is 6.64. The second-order valence-electron chi connectivity index (χ2n) is 4.35. The molecule has 0 fully saturated rings.